The van der Waals surface area contributed by atoms with E-state index in [1.54, 1.807) is 0 Å². The third kappa shape index (κ3) is 3.32. The zero-order valence-electron chi connectivity index (χ0n) is 12.3. The summed E-state index contributed by atoms with van der Waals surface area (Å²) in [4.78, 5) is 24.6. The molecule has 2 unspecified atom stereocenters. The average Bonchev–Trinajstić information content (AvgIpc) is 2.74. The van der Waals surface area contributed by atoms with Crippen molar-refractivity contribution in [1.29, 1.82) is 0 Å². The standard InChI is InChI=1S/C15H26N2O3/c1-20-14(19)15(8-4-2-3-5-9-15)17-13(18)11-6-7-12(16)10-11/h11-12H,2-10,16H2,1H3,(H,17,18). The fraction of sp³-hybridized carbons (Fsp3) is 0.867. The summed E-state index contributed by atoms with van der Waals surface area (Å²) >= 11 is 0. The van der Waals surface area contributed by atoms with Gasteiger partial charge in [0.25, 0.3) is 0 Å². The summed E-state index contributed by atoms with van der Waals surface area (Å²) in [5.41, 5.74) is 5.06. The molecule has 5 nitrogen and oxygen atoms in total. The highest BCUT2D eigenvalue weighted by atomic mass is 16.5. The largest absolute Gasteiger partial charge is 0.467 e. The van der Waals surface area contributed by atoms with Gasteiger partial charge in [-0.05, 0) is 32.1 Å². The Balaban J connectivity index is 2.07. The number of carbonyl (C=O) groups excluding carboxylic acids is 2. The maximum Gasteiger partial charge on any atom is 0.331 e. The molecule has 20 heavy (non-hydrogen) atoms. The summed E-state index contributed by atoms with van der Waals surface area (Å²) in [6.07, 6.45) is 7.95. The molecule has 0 bridgehead atoms. The summed E-state index contributed by atoms with van der Waals surface area (Å²) < 4.78 is 4.95. The Bertz CT molecular complexity index is 362. The van der Waals surface area contributed by atoms with Crippen molar-refractivity contribution in [2.75, 3.05) is 7.11 Å². The van der Waals surface area contributed by atoms with Crippen LogP contribution in [0.4, 0.5) is 0 Å². The summed E-state index contributed by atoms with van der Waals surface area (Å²) in [5, 5.41) is 3.02. The smallest absolute Gasteiger partial charge is 0.331 e. The summed E-state index contributed by atoms with van der Waals surface area (Å²) in [6.45, 7) is 0. The van der Waals surface area contributed by atoms with Crippen LogP contribution in [0.2, 0.25) is 0 Å². The van der Waals surface area contributed by atoms with E-state index in [9.17, 15) is 9.59 Å². The number of esters is 1. The molecule has 2 aliphatic rings. The lowest BCUT2D eigenvalue weighted by Crippen LogP contribution is -2.56. The van der Waals surface area contributed by atoms with Crippen molar-refractivity contribution in [3.8, 4) is 0 Å². The van der Waals surface area contributed by atoms with Gasteiger partial charge in [-0.2, -0.15) is 0 Å². The second kappa shape index (κ2) is 6.57. The van der Waals surface area contributed by atoms with Gasteiger partial charge >= 0.3 is 5.97 Å². The Morgan fingerprint density at radius 3 is 2.30 bits per heavy atom. The van der Waals surface area contributed by atoms with Crippen LogP contribution in [0.3, 0.4) is 0 Å². The van der Waals surface area contributed by atoms with E-state index in [0.29, 0.717) is 12.8 Å². The molecule has 0 aromatic heterocycles. The van der Waals surface area contributed by atoms with Crippen LogP contribution < -0.4 is 11.1 Å². The first kappa shape index (κ1) is 15.3. The zero-order valence-corrected chi connectivity index (χ0v) is 12.3. The summed E-state index contributed by atoms with van der Waals surface area (Å²) in [5.74, 6) is -0.366. The van der Waals surface area contributed by atoms with Crippen LogP contribution >= 0.6 is 0 Å². The number of rotatable bonds is 3. The Morgan fingerprint density at radius 1 is 1.15 bits per heavy atom. The molecule has 2 fully saturated rings. The lowest BCUT2D eigenvalue weighted by atomic mass is 9.89. The number of amides is 1. The number of carbonyl (C=O) groups is 2. The molecular weight excluding hydrogens is 256 g/mol. The second-order valence-electron chi connectivity index (χ2n) is 6.25. The molecule has 3 N–H and O–H groups in total. The highest BCUT2D eigenvalue weighted by molar-refractivity contribution is 5.89. The topological polar surface area (TPSA) is 81.4 Å². The van der Waals surface area contributed by atoms with Crippen LogP contribution in [0.15, 0.2) is 0 Å². The lowest BCUT2D eigenvalue weighted by Gasteiger charge is -2.32. The van der Waals surface area contributed by atoms with Crippen LogP contribution in [0.5, 0.6) is 0 Å². The van der Waals surface area contributed by atoms with Crippen LogP contribution in [-0.2, 0) is 14.3 Å². The van der Waals surface area contributed by atoms with Gasteiger partial charge in [0.05, 0.1) is 7.11 Å². The Morgan fingerprint density at radius 2 is 1.80 bits per heavy atom. The van der Waals surface area contributed by atoms with Crippen molar-refractivity contribution in [2.45, 2.75) is 69.4 Å². The Hall–Kier alpha value is -1.10. The van der Waals surface area contributed by atoms with Crippen LogP contribution in [0.25, 0.3) is 0 Å². The zero-order chi connectivity index (χ0) is 14.6. The molecule has 1 amide bonds. The molecule has 0 aromatic carbocycles. The van der Waals surface area contributed by atoms with Crippen molar-refractivity contribution in [2.24, 2.45) is 11.7 Å². The molecular formula is C15H26N2O3. The number of nitrogens with one attached hydrogen (secondary N) is 1. The molecule has 0 saturated heterocycles. The highest BCUT2D eigenvalue weighted by Crippen LogP contribution is 2.31. The number of ether oxygens (including phenoxy) is 1. The van der Waals surface area contributed by atoms with Gasteiger partial charge < -0.3 is 15.8 Å². The van der Waals surface area contributed by atoms with Gasteiger partial charge in [-0.25, -0.2) is 4.79 Å². The Kier molecular flexibility index (Phi) is 5.02. The lowest BCUT2D eigenvalue weighted by molar-refractivity contribution is -0.152. The van der Waals surface area contributed by atoms with Gasteiger partial charge in [0, 0.05) is 12.0 Å². The molecule has 0 aromatic rings. The third-order valence-corrected chi connectivity index (χ3v) is 4.74. The van der Waals surface area contributed by atoms with Gasteiger partial charge in [-0.3, -0.25) is 4.79 Å². The molecule has 0 radical (unpaired) electrons. The quantitative estimate of drug-likeness (QED) is 0.607. The molecule has 114 valence electrons. The van der Waals surface area contributed by atoms with E-state index >= 15 is 0 Å². The second-order valence-corrected chi connectivity index (χ2v) is 6.25. The first-order chi connectivity index (χ1) is 9.57. The fourth-order valence-corrected chi connectivity index (χ4v) is 3.50. The van der Waals surface area contributed by atoms with E-state index in [1.165, 1.54) is 7.11 Å². The highest BCUT2D eigenvalue weighted by Gasteiger charge is 2.42. The summed E-state index contributed by atoms with van der Waals surface area (Å²) in [6, 6.07) is 0.119. The molecule has 0 aliphatic heterocycles. The molecule has 0 spiro atoms. The van der Waals surface area contributed by atoms with Crippen molar-refractivity contribution >= 4 is 11.9 Å². The van der Waals surface area contributed by atoms with E-state index < -0.39 is 5.54 Å². The fourth-order valence-electron chi connectivity index (χ4n) is 3.50. The Labute approximate surface area is 120 Å². The van der Waals surface area contributed by atoms with Crippen LogP contribution in [0.1, 0.15) is 57.8 Å². The number of hydrogen-bond donors (Lipinski definition) is 2. The third-order valence-electron chi connectivity index (χ3n) is 4.74. The normalized spacial score (nSPS) is 29.5. The monoisotopic (exact) mass is 282 g/mol. The maximum atomic E-state index is 12.4. The van der Waals surface area contributed by atoms with Gasteiger partial charge in [-0.1, -0.05) is 25.7 Å². The minimum Gasteiger partial charge on any atom is -0.467 e. The van der Waals surface area contributed by atoms with E-state index in [1.807, 2.05) is 0 Å². The van der Waals surface area contributed by atoms with Crippen molar-refractivity contribution in [3.63, 3.8) is 0 Å². The summed E-state index contributed by atoms with van der Waals surface area (Å²) in [7, 11) is 1.40. The van der Waals surface area contributed by atoms with Gasteiger partial charge in [0.1, 0.15) is 5.54 Å². The van der Waals surface area contributed by atoms with Crippen molar-refractivity contribution in [1.82, 2.24) is 5.32 Å². The SMILES string of the molecule is COC(=O)C1(NC(=O)C2CCC(N)C2)CCCCCC1. The number of nitrogens with two attached hydrogens (primary N) is 1. The van der Waals surface area contributed by atoms with Crippen LogP contribution in [0, 0.1) is 5.92 Å². The molecule has 5 heteroatoms. The van der Waals surface area contributed by atoms with E-state index in [0.717, 1.165) is 44.9 Å². The molecule has 2 atom stereocenters. The first-order valence-electron chi connectivity index (χ1n) is 7.73. The predicted molar refractivity (Wildman–Crippen MR) is 75.9 cm³/mol. The van der Waals surface area contributed by atoms with Gasteiger partial charge in [0.2, 0.25) is 5.91 Å². The van der Waals surface area contributed by atoms with Crippen molar-refractivity contribution < 1.29 is 14.3 Å². The average molecular weight is 282 g/mol. The number of hydrogen-bond acceptors (Lipinski definition) is 4. The molecule has 2 saturated carbocycles. The molecule has 2 rings (SSSR count). The van der Waals surface area contributed by atoms with E-state index in [2.05, 4.69) is 5.32 Å². The number of methoxy groups -OCH3 is 1. The molecule has 0 heterocycles. The maximum absolute atomic E-state index is 12.4. The minimum absolute atomic E-state index is 0.0229. The first-order valence-corrected chi connectivity index (χ1v) is 7.73. The minimum atomic E-state index is -0.810. The van der Waals surface area contributed by atoms with Gasteiger partial charge in [0.15, 0.2) is 0 Å². The predicted octanol–water partition coefficient (Wildman–Crippen LogP) is 1.50. The van der Waals surface area contributed by atoms with Crippen molar-refractivity contribution in [3.05, 3.63) is 0 Å². The van der Waals surface area contributed by atoms with Gasteiger partial charge in [-0.15, -0.1) is 0 Å². The van der Waals surface area contributed by atoms with Crippen LogP contribution in [-0.4, -0.2) is 30.6 Å². The van der Waals surface area contributed by atoms with E-state index in [-0.39, 0.29) is 23.8 Å². The molecule has 2 aliphatic carbocycles. The van der Waals surface area contributed by atoms with E-state index in [4.69, 9.17) is 10.5 Å².